The highest BCUT2D eigenvalue weighted by Gasteiger charge is 2.19. The Labute approximate surface area is 136 Å². The lowest BCUT2D eigenvalue weighted by molar-refractivity contribution is -0.127. The molecule has 1 N–H and O–H groups in total. The Morgan fingerprint density at radius 1 is 1.30 bits per heavy atom. The molecule has 6 heteroatoms. The summed E-state index contributed by atoms with van der Waals surface area (Å²) >= 11 is 0. The first kappa shape index (κ1) is 17.1. The number of ether oxygens (including phenoxy) is 2. The molecule has 0 aromatic heterocycles. The molecule has 0 saturated carbocycles. The highest BCUT2D eigenvalue weighted by atomic mass is 16.5. The van der Waals surface area contributed by atoms with Crippen molar-refractivity contribution in [3.8, 4) is 11.5 Å². The van der Waals surface area contributed by atoms with Gasteiger partial charge in [-0.1, -0.05) is 6.07 Å². The van der Waals surface area contributed by atoms with Gasteiger partial charge < -0.3 is 19.7 Å². The fourth-order valence-corrected chi connectivity index (χ4v) is 2.67. The van der Waals surface area contributed by atoms with Crippen LogP contribution < -0.4 is 14.8 Å². The lowest BCUT2D eigenvalue weighted by Gasteiger charge is -2.15. The van der Waals surface area contributed by atoms with Crippen LogP contribution in [-0.2, 0) is 16.0 Å². The summed E-state index contributed by atoms with van der Waals surface area (Å²) in [4.78, 5) is 25.4. The van der Waals surface area contributed by atoms with E-state index in [2.05, 4.69) is 5.32 Å². The molecule has 126 valence electrons. The molecule has 0 bridgehead atoms. The van der Waals surface area contributed by atoms with Crippen LogP contribution in [0.4, 0.5) is 0 Å². The van der Waals surface area contributed by atoms with Crippen molar-refractivity contribution in [2.45, 2.75) is 25.7 Å². The van der Waals surface area contributed by atoms with Crippen LogP contribution in [0.1, 0.15) is 24.8 Å². The van der Waals surface area contributed by atoms with Crippen LogP contribution >= 0.6 is 0 Å². The Morgan fingerprint density at radius 3 is 2.78 bits per heavy atom. The molecule has 1 saturated heterocycles. The predicted octanol–water partition coefficient (Wildman–Crippen LogP) is 1.37. The van der Waals surface area contributed by atoms with Gasteiger partial charge in [-0.2, -0.15) is 0 Å². The van der Waals surface area contributed by atoms with E-state index >= 15 is 0 Å². The molecular weight excluding hydrogens is 296 g/mol. The van der Waals surface area contributed by atoms with E-state index in [0.717, 1.165) is 24.9 Å². The molecule has 0 unspecified atom stereocenters. The van der Waals surface area contributed by atoms with E-state index in [-0.39, 0.29) is 18.2 Å². The van der Waals surface area contributed by atoms with Crippen molar-refractivity contribution in [2.24, 2.45) is 0 Å². The van der Waals surface area contributed by atoms with Crippen LogP contribution in [0.3, 0.4) is 0 Å². The van der Waals surface area contributed by atoms with E-state index in [1.807, 2.05) is 17.0 Å². The first-order chi connectivity index (χ1) is 11.1. The van der Waals surface area contributed by atoms with Gasteiger partial charge in [0.15, 0.2) is 0 Å². The van der Waals surface area contributed by atoms with Crippen molar-refractivity contribution in [1.82, 2.24) is 10.2 Å². The van der Waals surface area contributed by atoms with E-state index < -0.39 is 0 Å². The SMILES string of the molecule is COc1ccc(CC(=O)NCCCN2CCCC2=O)c(OC)c1. The van der Waals surface area contributed by atoms with Crippen LogP contribution in [0, 0.1) is 0 Å². The van der Waals surface area contributed by atoms with Gasteiger partial charge in [-0.25, -0.2) is 0 Å². The summed E-state index contributed by atoms with van der Waals surface area (Å²) in [7, 11) is 3.16. The van der Waals surface area contributed by atoms with Crippen molar-refractivity contribution in [1.29, 1.82) is 0 Å². The molecule has 1 fully saturated rings. The number of nitrogens with zero attached hydrogens (tertiary/aromatic N) is 1. The fraction of sp³-hybridized carbons (Fsp3) is 0.529. The Kier molecular flexibility index (Phi) is 6.26. The second kappa shape index (κ2) is 8.41. The Hall–Kier alpha value is -2.24. The van der Waals surface area contributed by atoms with E-state index in [0.29, 0.717) is 31.0 Å². The highest BCUT2D eigenvalue weighted by Crippen LogP contribution is 2.24. The van der Waals surface area contributed by atoms with E-state index in [9.17, 15) is 9.59 Å². The minimum atomic E-state index is -0.0544. The molecule has 0 spiro atoms. The molecule has 0 atom stereocenters. The molecule has 0 radical (unpaired) electrons. The monoisotopic (exact) mass is 320 g/mol. The number of methoxy groups -OCH3 is 2. The van der Waals surface area contributed by atoms with Gasteiger partial charge in [0.2, 0.25) is 11.8 Å². The minimum absolute atomic E-state index is 0.0544. The van der Waals surface area contributed by atoms with Gasteiger partial charge in [-0.05, 0) is 18.9 Å². The summed E-state index contributed by atoms with van der Waals surface area (Å²) in [6, 6.07) is 5.41. The second-order valence-corrected chi connectivity index (χ2v) is 5.54. The average molecular weight is 320 g/mol. The number of likely N-dealkylation sites (tertiary alicyclic amines) is 1. The maximum Gasteiger partial charge on any atom is 0.224 e. The lowest BCUT2D eigenvalue weighted by atomic mass is 10.1. The van der Waals surface area contributed by atoms with Crippen LogP contribution in [0.5, 0.6) is 11.5 Å². The Morgan fingerprint density at radius 2 is 2.13 bits per heavy atom. The largest absolute Gasteiger partial charge is 0.497 e. The third kappa shape index (κ3) is 4.87. The molecule has 6 nitrogen and oxygen atoms in total. The molecule has 1 aliphatic heterocycles. The van der Waals surface area contributed by atoms with E-state index in [1.165, 1.54) is 0 Å². The molecule has 1 aromatic rings. The number of carbonyl (C=O) groups is 2. The van der Waals surface area contributed by atoms with Gasteiger partial charge in [-0.15, -0.1) is 0 Å². The van der Waals surface area contributed by atoms with Gasteiger partial charge >= 0.3 is 0 Å². The normalized spacial score (nSPS) is 14.0. The first-order valence-electron chi connectivity index (χ1n) is 7.89. The van der Waals surface area contributed by atoms with Gasteiger partial charge in [0.05, 0.1) is 20.6 Å². The zero-order valence-electron chi connectivity index (χ0n) is 13.8. The van der Waals surface area contributed by atoms with Gasteiger partial charge in [-0.3, -0.25) is 9.59 Å². The van der Waals surface area contributed by atoms with Gasteiger partial charge in [0.25, 0.3) is 0 Å². The maximum atomic E-state index is 12.0. The quantitative estimate of drug-likeness (QED) is 0.735. The predicted molar refractivity (Wildman–Crippen MR) is 86.7 cm³/mol. The number of rotatable bonds is 8. The number of hydrogen-bond acceptors (Lipinski definition) is 4. The zero-order valence-corrected chi connectivity index (χ0v) is 13.8. The smallest absolute Gasteiger partial charge is 0.224 e. The van der Waals surface area contributed by atoms with Crippen molar-refractivity contribution < 1.29 is 19.1 Å². The minimum Gasteiger partial charge on any atom is -0.497 e. The summed E-state index contributed by atoms with van der Waals surface area (Å²) in [6.07, 6.45) is 2.64. The Balaban J connectivity index is 1.75. The molecule has 1 heterocycles. The van der Waals surface area contributed by atoms with E-state index in [1.54, 1.807) is 20.3 Å². The molecule has 1 aliphatic rings. The number of hydrogen-bond donors (Lipinski definition) is 1. The average Bonchev–Trinajstić information content (AvgIpc) is 2.97. The number of amides is 2. The summed E-state index contributed by atoms with van der Waals surface area (Å²) in [5, 5.41) is 2.89. The van der Waals surface area contributed by atoms with Crippen molar-refractivity contribution in [3.05, 3.63) is 23.8 Å². The van der Waals surface area contributed by atoms with Crippen LogP contribution in [0.2, 0.25) is 0 Å². The highest BCUT2D eigenvalue weighted by molar-refractivity contribution is 5.79. The molecule has 0 aliphatic carbocycles. The topological polar surface area (TPSA) is 67.9 Å². The standard InChI is InChI=1S/C17H24N2O4/c1-22-14-7-6-13(15(12-14)23-2)11-16(20)18-8-4-10-19-9-3-5-17(19)21/h6-7,12H,3-5,8-11H2,1-2H3,(H,18,20). The summed E-state index contributed by atoms with van der Waals surface area (Å²) in [5.41, 5.74) is 0.820. The summed E-state index contributed by atoms with van der Waals surface area (Å²) < 4.78 is 10.4. The fourth-order valence-electron chi connectivity index (χ4n) is 2.67. The third-order valence-electron chi connectivity index (χ3n) is 3.94. The van der Waals surface area contributed by atoms with Gasteiger partial charge in [0, 0.05) is 37.7 Å². The summed E-state index contributed by atoms with van der Waals surface area (Å²) in [6.45, 7) is 2.13. The zero-order chi connectivity index (χ0) is 16.7. The first-order valence-corrected chi connectivity index (χ1v) is 7.89. The van der Waals surface area contributed by atoms with Crippen LogP contribution in [0.15, 0.2) is 18.2 Å². The molecule has 1 aromatic carbocycles. The lowest BCUT2D eigenvalue weighted by Crippen LogP contribution is -2.31. The molecule has 2 amide bonds. The van der Waals surface area contributed by atoms with Crippen LogP contribution in [0.25, 0.3) is 0 Å². The van der Waals surface area contributed by atoms with Crippen molar-refractivity contribution in [3.63, 3.8) is 0 Å². The summed E-state index contributed by atoms with van der Waals surface area (Å²) in [5.74, 6) is 1.50. The third-order valence-corrected chi connectivity index (χ3v) is 3.94. The van der Waals surface area contributed by atoms with Crippen molar-refractivity contribution >= 4 is 11.8 Å². The van der Waals surface area contributed by atoms with Crippen LogP contribution in [-0.4, -0.2) is 50.6 Å². The molecule has 2 rings (SSSR count). The number of carbonyl (C=O) groups excluding carboxylic acids is 2. The van der Waals surface area contributed by atoms with Crippen molar-refractivity contribution in [2.75, 3.05) is 33.9 Å². The maximum absolute atomic E-state index is 12.0. The number of benzene rings is 1. The number of nitrogens with one attached hydrogen (secondary N) is 1. The second-order valence-electron chi connectivity index (χ2n) is 5.54. The van der Waals surface area contributed by atoms with E-state index in [4.69, 9.17) is 9.47 Å². The van der Waals surface area contributed by atoms with Gasteiger partial charge in [0.1, 0.15) is 11.5 Å². The Bertz CT molecular complexity index is 560. The molecule has 23 heavy (non-hydrogen) atoms. The molecular formula is C17H24N2O4.